The summed E-state index contributed by atoms with van der Waals surface area (Å²) in [5.41, 5.74) is 13.7. The number of ketones is 1. The number of hydrogen-bond acceptors (Lipinski definition) is 7. The summed E-state index contributed by atoms with van der Waals surface area (Å²) < 4.78 is 0. The van der Waals surface area contributed by atoms with Gasteiger partial charge in [0.1, 0.15) is 5.69 Å². The quantitative estimate of drug-likeness (QED) is 0.786. The Kier molecular flexibility index (Phi) is 4.47. The fraction of sp³-hybridized carbons (Fsp3) is 0.375. The molecule has 2 aromatic heterocycles. The first-order valence-corrected chi connectivity index (χ1v) is 7.70. The molecular weight excluding hydrogens is 292 g/mol. The fourth-order valence-electron chi connectivity index (χ4n) is 3.05. The van der Waals surface area contributed by atoms with Crippen LogP contribution in [0.2, 0.25) is 0 Å². The molecule has 120 valence electrons. The third-order valence-corrected chi connectivity index (χ3v) is 4.18. The number of anilines is 2. The predicted octanol–water partition coefficient (Wildman–Crippen LogP) is 0.807. The molecule has 1 atom stereocenters. The summed E-state index contributed by atoms with van der Waals surface area (Å²) in [6.07, 6.45) is 8.78. The highest BCUT2D eigenvalue weighted by molar-refractivity contribution is 5.99. The van der Waals surface area contributed by atoms with Gasteiger partial charge in [-0.25, -0.2) is 9.97 Å². The van der Waals surface area contributed by atoms with E-state index in [2.05, 4.69) is 19.9 Å². The normalized spacial score (nSPS) is 17.4. The Hall–Kier alpha value is -2.54. The van der Waals surface area contributed by atoms with Gasteiger partial charge in [0.05, 0.1) is 0 Å². The summed E-state index contributed by atoms with van der Waals surface area (Å²) in [6, 6.07) is 2.25. The van der Waals surface area contributed by atoms with Crippen LogP contribution in [0.4, 0.5) is 11.5 Å². The minimum atomic E-state index is -0.159. The van der Waals surface area contributed by atoms with E-state index in [1.54, 1.807) is 12.4 Å². The van der Waals surface area contributed by atoms with E-state index in [0.717, 1.165) is 30.6 Å². The predicted molar refractivity (Wildman–Crippen MR) is 88.1 cm³/mol. The molecule has 0 aliphatic carbocycles. The molecular formula is C16H20N6O. The van der Waals surface area contributed by atoms with Gasteiger partial charge in [-0.2, -0.15) is 0 Å². The summed E-state index contributed by atoms with van der Waals surface area (Å²) in [6.45, 7) is 1.55. The minimum Gasteiger partial charge on any atom is -0.382 e. The third kappa shape index (κ3) is 3.14. The first-order valence-electron chi connectivity index (χ1n) is 7.70. The van der Waals surface area contributed by atoms with Crippen molar-refractivity contribution in [2.75, 3.05) is 23.7 Å². The van der Waals surface area contributed by atoms with Crippen LogP contribution in [-0.4, -0.2) is 39.9 Å². The van der Waals surface area contributed by atoms with Crippen molar-refractivity contribution in [3.05, 3.63) is 42.1 Å². The van der Waals surface area contributed by atoms with Crippen LogP contribution in [0.25, 0.3) is 0 Å². The standard InChI is InChI=1S/C16H20N6O/c17-9-12-2-1-7-22(12)13-3-4-19-10-11(13)8-14(23)15-16(18)21-6-5-20-15/h3-6,10,12H,1-2,7-9,17H2,(H2,18,21)/t12-/m1/s1. The maximum atomic E-state index is 12.5. The molecule has 0 aromatic carbocycles. The molecule has 3 rings (SSSR count). The van der Waals surface area contributed by atoms with Crippen molar-refractivity contribution in [3.8, 4) is 0 Å². The van der Waals surface area contributed by atoms with Crippen LogP contribution in [0.3, 0.4) is 0 Å². The molecule has 0 amide bonds. The number of nitrogens with two attached hydrogens (primary N) is 2. The minimum absolute atomic E-state index is 0.156. The SMILES string of the molecule is NC[C@H]1CCCN1c1ccncc1CC(=O)c1nccnc1N. The highest BCUT2D eigenvalue weighted by atomic mass is 16.1. The highest BCUT2D eigenvalue weighted by Gasteiger charge is 2.26. The molecule has 0 radical (unpaired) electrons. The van der Waals surface area contributed by atoms with Gasteiger partial charge in [-0.05, 0) is 18.9 Å². The number of carbonyl (C=O) groups excluding carboxylic acids is 1. The second kappa shape index (κ2) is 6.70. The molecule has 7 nitrogen and oxygen atoms in total. The third-order valence-electron chi connectivity index (χ3n) is 4.18. The van der Waals surface area contributed by atoms with E-state index in [0.29, 0.717) is 12.6 Å². The van der Waals surface area contributed by atoms with Crippen molar-refractivity contribution >= 4 is 17.3 Å². The Morgan fingerprint density at radius 1 is 1.30 bits per heavy atom. The second-order valence-electron chi connectivity index (χ2n) is 5.62. The van der Waals surface area contributed by atoms with E-state index in [1.165, 1.54) is 12.4 Å². The molecule has 23 heavy (non-hydrogen) atoms. The average molecular weight is 312 g/mol. The van der Waals surface area contributed by atoms with Crippen LogP contribution in [0.5, 0.6) is 0 Å². The Balaban J connectivity index is 1.86. The number of hydrogen-bond donors (Lipinski definition) is 2. The van der Waals surface area contributed by atoms with Gasteiger partial charge in [-0.1, -0.05) is 0 Å². The van der Waals surface area contributed by atoms with Crippen LogP contribution >= 0.6 is 0 Å². The molecule has 1 saturated heterocycles. The second-order valence-corrected chi connectivity index (χ2v) is 5.62. The van der Waals surface area contributed by atoms with Crippen LogP contribution in [0.15, 0.2) is 30.9 Å². The van der Waals surface area contributed by atoms with Gasteiger partial charge >= 0.3 is 0 Å². The Morgan fingerprint density at radius 2 is 2.13 bits per heavy atom. The molecule has 0 saturated carbocycles. The van der Waals surface area contributed by atoms with Gasteiger partial charge in [0.15, 0.2) is 11.6 Å². The van der Waals surface area contributed by atoms with Gasteiger partial charge in [0.2, 0.25) is 0 Å². The molecule has 0 unspecified atom stereocenters. The molecule has 3 heterocycles. The van der Waals surface area contributed by atoms with Gasteiger partial charge in [-0.3, -0.25) is 9.78 Å². The van der Waals surface area contributed by atoms with Crippen molar-refractivity contribution in [2.45, 2.75) is 25.3 Å². The molecule has 7 heteroatoms. The smallest absolute Gasteiger partial charge is 0.189 e. The zero-order valence-corrected chi connectivity index (χ0v) is 12.9. The lowest BCUT2D eigenvalue weighted by Gasteiger charge is -2.27. The van der Waals surface area contributed by atoms with Crippen LogP contribution in [-0.2, 0) is 6.42 Å². The number of aromatic nitrogens is 3. The largest absolute Gasteiger partial charge is 0.382 e. The Morgan fingerprint density at radius 3 is 2.91 bits per heavy atom. The lowest BCUT2D eigenvalue weighted by atomic mass is 10.1. The molecule has 1 aliphatic heterocycles. The van der Waals surface area contributed by atoms with Crippen molar-refractivity contribution < 1.29 is 4.79 Å². The first-order chi connectivity index (χ1) is 11.2. The van der Waals surface area contributed by atoms with Gasteiger partial charge < -0.3 is 16.4 Å². The molecule has 0 bridgehead atoms. The first kappa shape index (κ1) is 15.4. The van der Waals surface area contributed by atoms with E-state index < -0.39 is 0 Å². The highest BCUT2D eigenvalue weighted by Crippen LogP contribution is 2.28. The van der Waals surface area contributed by atoms with Crippen LogP contribution in [0, 0.1) is 0 Å². The topological polar surface area (TPSA) is 111 Å². The van der Waals surface area contributed by atoms with E-state index >= 15 is 0 Å². The molecule has 0 spiro atoms. The molecule has 4 N–H and O–H groups in total. The zero-order chi connectivity index (χ0) is 16.2. The Labute approximate surface area is 134 Å². The maximum Gasteiger partial charge on any atom is 0.189 e. The van der Waals surface area contributed by atoms with Crippen LogP contribution in [0.1, 0.15) is 28.9 Å². The zero-order valence-electron chi connectivity index (χ0n) is 12.9. The number of nitrogens with zero attached hydrogens (tertiary/aromatic N) is 4. The van der Waals surface area contributed by atoms with Gasteiger partial charge in [0, 0.05) is 61.6 Å². The van der Waals surface area contributed by atoms with E-state index in [1.807, 2.05) is 6.07 Å². The fourth-order valence-corrected chi connectivity index (χ4v) is 3.05. The summed E-state index contributed by atoms with van der Waals surface area (Å²) in [7, 11) is 0. The number of pyridine rings is 1. The summed E-state index contributed by atoms with van der Waals surface area (Å²) in [4.78, 5) is 26.9. The van der Waals surface area contributed by atoms with Crippen LogP contribution < -0.4 is 16.4 Å². The summed E-state index contributed by atoms with van der Waals surface area (Å²) in [5, 5.41) is 0. The van der Waals surface area contributed by atoms with Gasteiger partial charge in [-0.15, -0.1) is 0 Å². The van der Waals surface area contributed by atoms with E-state index in [-0.39, 0.29) is 23.7 Å². The van der Waals surface area contributed by atoms with Gasteiger partial charge in [0.25, 0.3) is 0 Å². The van der Waals surface area contributed by atoms with Crippen molar-refractivity contribution in [2.24, 2.45) is 5.73 Å². The number of carbonyl (C=O) groups is 1. The average Bonchev–Trinajstić information content (AvgIpc) is 3.04. The number of nitrogen functional groups attached to an aromatic ring is 1. The summed E-state index contributed by atoms with van der Waals surface area (Å²) in [5.74, 6) is -0.00251. The van der Waals surface area contributed by atoms with Crippen molar-refractivity contribution in [1.82, 2.24) is 15.0 Å². The summed E-state index contributed by atoms with van der Waals surface area (Å²) >= 11 is 0. The lowest BCUT2D eigenvalue weighted by Crippen LogP contribution is -2.36. The number of Topliss-reactive ketones (excluding diaryl/α,β-unsaturated/α-hetero) is 1. The van der Waals surface area contributed by atoms with E-state index in [9.17, 15) is 4.79 Å². The number of rotatable bonds is 5. The lowest BCUT2D eigenvalue weighted by molar-refractivity contribution is 0.0989. The van der Waals surface area contributed by atoms with Crippen molar-refractivity contribution in [1.29, 1.82) is 0 Å². The Bertz CT molecular complexity index is 704. The molecule has 2 aromatic rings. The monoisotopic (exact) mass is 312 g/mol. The van der Waals surface area contributed by atoms with Crippen molar-refractivity contribution in [3.63, 3.8) is 0 Å². The molecule has 1 aliphatic rings. The van der Waals surface area contributed by atoms with E-state index in [4.69, 9.17) is 11.5 Å². The molecule has 1 fully saturated rings. The maximum absolute atomic E-state index is 12.5.